The van der Waals surface area contributed by atoms with Gasteiger partial charge >= 0.3 is 0 Å². The molecule has 0 radical (unpaired) electrons. The molecule has 10 heteroatoms. The van der Waals surface area contributed by atoms with Crippen molar-refractivity contribution in [2.45, 2.75) is 31.0 Å². The monoisotopic (exact) mass is 486 g/mol. The minimum atomic E-state index is -1.48. The van der Waals surface area contributed by atoms with Crippen LogP contribution in [-0.4, -0.2) is 34.6 Å². The van der Waals surface area contributed by atoms with E-state index in [-0.39, 0.29) is 19.4 Å². The summed E-state index contributed by atoms with van der Waals surface area (Å²) in [6, 6.07) is 11.3. The van der Waals surface area contributed by atoms with Crippen molar-refractivity contribution in [3.8, 4) is 0 Å². The Hall–Kier alpha value is -2.94. The lowest BCUT2D eigenvalue weighted by atomic mass is 9.76. The van der Waals surface area contributed by atoms with Crippen LogP contribution < -0.4 is 16.4 Å². The van der Waals surface area contributed by atoms with E-state index in [4.69, 9.17) is 28.9 Å². The number of benzene rings is 2. The van der Waals surface area contributed by atoms with Crippen molar-refractivity contribution in [1.82, 2.24) is 10.2 Å². The summed E-state index contributed by atoms with van der Waals surface area (Å²) in [5.41, 5.74) is 5.52. The summed E-state index contributed by atoms with van der Waals surface area (Å²) < 4.78 is 0. The summed E-state index contributed by atoms with van der Waals surface area (Å²) in [5.74, 6) is -3.68. The van der Waals surface area contributed by atoms with E-state index in [2.05, 4.69) is 10.6 Å². The van der Waals surface area contributed by atoms with E-state index in [1.165, 1.54) is 0 Å². The Morgan fingerprint density at radius 1 is 1.09 bits per heavy atom. The van der Waals surface area contributed by atoms with Gasteiger partial charge in [0.05, 0.1) is 18.4 Å². The molecule has 0 bridgehead atoms. The van der Waals surface area contributed by atoms with Gasteiger partial charge in [0.2, 0.25) is 23.6 Å². The van der Waals surface area contributed by atoms with E-state index in [1.54, 1.807) is 42.5 Å². The van der Waals surface area contributed by atoms with Gasteiger partial charge in [-0.25, -0.2) is 0 Å². The quantitative estimate of drug-likeness (QED) is 0.559. The number of likely N-dealkylation sites (tertiary alicyclic amines) is 1. The zero-order chi connectivity index (χ0) is 23.5. The van der Waals surface area contributed by atoms with E-state index in [0.29, 0.717) is 26.9 Å². The third-order valence-electron chi connectivity index (χ3n) is 6.76. The van der Waals surface area contributed by atoms with E-state index >= 15 is 0 Å². The van der Waals surface area contributed by atoms with Crippen LogP contribution in [-0.2, 0) is 31.3 Å². The number of halogens is 2. The van der Waals surface area contributed by atoms with Crippen LogP contribution >= 0.6 is 23.2 Å². The molecule has 2 aromatic rings. The molecule has 2 fully saturated rings. The normalized spacial score (nSPS) is 27.8. The first-order valence-corrected chi connectivity index (χ1v) is 11.3. The Kier molecular flexibility index (Phi) is 5.19. The predicted octanol–water partition coefficient (Wildman–Crippen LogP) is 2.18. The molecule has 3 aliphatic rings. The van der Waals surface area contributed by atoms with Gasteiger partial charge in [0.1, 0.15) is 5.54 Å². The molecule has 4 amide bonds. The summed E-state index contributed by atoms with van der Waals surface area (Å²) in [4.78, 5) is 53.2. The average Bonchev–Trinajstić information content (AvgIpc) is 3.34. The van der Waals surface area contributed by atoms with E-state index in [9.17, 15) is 19.2 Å². The highest BCUT2D eigenvalue weighted by Gasteiger charge is 2.70. The molecule has 4 atom stereocenters. The molecule has 5 rings (SSSR count). The van der Waals surface area contributed by atoms with Crippen molar-refractivity contribution in [2.75, 3.05) is 5.32 Å². The molecule has 8 nitrogen and oxygen atoms in total. The van der Waals surface area contributed by atoms with Gasteiger partial charge in [-0.05, 0) is 36.2 Å². The zero-order valence-corrected chi connectivity index (χ0v) is 18.8. The van der Waals surface area contributed by atoms with Crippen LogP contribution in [0.3, 0.4) is 0 Å². The van der Waals surface area contributed by atoms with Crippen LogP contribution in [0, 0.1) is 11.8 Å². The maximum absolute atomic E-state index is 13.7. The molecule has 33 heavy (non-hydrogen) atoms. The van der Waals surface area contributed by atoms with Crippen molar-refractivity contribution in [3.63, 3.8) is 0 Å². The van der Waals surface area contributed by atoms with Crippen LogP contribution in [0.25, 0.3) is 0 Å². The number of amides is 4. The van der Waals surface area contributed by atoms with Crippen LogP contribution in [0.5, 0.6) is 0 Å². The number of fused-ring (bicyclic) bond motifs is 4. The molecule has 0 aliphatic carbocycles. The second-order valence-corrected chi connectivity index (χ2v) is 9.41. The standard InChI is InChI=1S/C23H20Cl2N4O4/c24-12-5-6-15-13(9-12)23(22(33)27-15)19-18(16(28-23)7-8-17(26)30)20(31)29(21(19)32)10-11-3-1-2-4-14(11)25/h1-6,9,16,18-19,28H,7-8,10H2,(H2,26,30)(H,27,33)/t16-,18+,19-,23+/m0/s1. The Bertz CT molecular complexity index is 1220. The number of anilines is 1. The Morgan fingerprint density at radius 3 is 2.58 bits per heavy atom. The van der Waals surface area contributed by atoms with Gasteiger partial charge in [-0.3, -0.25) is 29.4 Å². The number of primary amides is 1. The third-order valence-corrected chi connectivity index (χ3v) is 7.36. The van der Waals surface area contributed by atoms with Gasteiger partial charge in [0, 0.05) is 33.8 Å². The minimum absolute atomic E-state index is 0.00692. The fourth-order valence-corrected chi connectivity index (χ4v) is 5.70. The topological polar surface area (TPSA) is 122 Å². The Balaban J connectivity index is 1.60. The minimum Gasteiger partial charge on any atom is -0.370 e. The second-order valence-electron chi connectivity index (χ2n) is 8.57. The molecule has 3 aliphatic heterocycles. The summed E-state index contributed by atoms with van der Waals surface area (Å²) in [7, 11) is 0. The first-order chi connectivity index (χ1) is 15.7. The molecular weight excluding hydrogens is 467 g/mol. The summed E-state index contributed by atoms with van der Waals surface area (Å²) in [5, 5.41) is 6.88. The van der Waals surface area contributed by atoms with E-state index in [1.807, 2.05) is 0 Å². The van der Waals surface area contributed by atoms with Crippen molar-refractivity contribution in [2.24, 2.45) is 17.6 Å². The van der Waals surface area contributed by atoms with Crippen molar-refractivity contribution < 1.29 is 19.2 Å². The Morgan fingerprint density at radius 2 is 1.85 bits per heavy atom. The number of carbonyl (C=O) groups excluding carboxylic acids is 4. The van der Waals surface area contributed by atoms with Gasteiger partial charge in [-0.2, -0.15) is 0 Å². The number of carbonyl (C=O) groups is 4. The highest BCUT2D eigenvalue weighted by atomic mass is 35.5. The lowest BCUT2D eigenvalue weighted by Gasteiger charge is -2.29. The van der Waals surface area contributed by atoms with Crippen molar-refractivity contribution in [3.05, 3.63) is 63.6 Å². The molecule has 2 aromatic carbocycles. The molecule has 0 saturated carbocycles. The number of hydrogen-bond acceptors (Lipinski definition) is 5. The fourth-order valence-electron chi connectivity index (χ4n) is 5.33. The first kappa shape index (κ1) is 21.9. The fraction of sp³-hybridized carbons (Fsp3) is 0.304. The molecule has 1 spiro atoms. The molecular formula is C23H20Cl2N4O4. The highest BCUT2D eigenvalue weighted by molar-refractivity contribution is 6.31. The maximum atomic E-state index is 13.7. The van der Waals surface area contributed by atoms with E-state index < -0.39 is 47.0 Å². The zero-order valence-electron chi connectivity index (χ0n) is 17.3. The predicted molar refractivity (Wildman–Crippen MR) is 121 cm³/mol. The Labute approximate surface area is 199 Å². The van der Waals surface area contributed by atoms with Gasteiger partial charge in [0.15, 0.2) is 0 Å². The first-order valence-electron chi connectivity index (χ1n) is 10.5. The number of imide groups is 1. The van der Waals surface area contributed by atoms with Crippen LogP contribution in [0.1, 0.15) is 24.0 Å². The van der Waals surface area contributed by atoms with Crippen molar-refractivity contribution >= 4 is 52.5 Å². The van der Waals surface area contributed by atoms with Crippen LogP contribution in [0.15, 0.2) is 42.5 Å². The largest absolute Gasteiger partial charge is 0.370 e. The number of nitrogens with zero attached hydrogens (tertiary/aromatic N) is 1. The molecule has 3 heterocycles. The summed E-state index contributed by atoms with van der Waals surface area (Å²) in [6.07, 6.45) is 0.216. The smallest absolute Gasteiger partial charge is 0.250 e. The van der Waals surface area contributed by atoms with Crippen molar-refractivity contribution in [1.29, 1.82) is 0 Å². The lowest BCUT2D eigenvalue weighted by molar-refractivity contribution is -0.143. The van der Waals surface area contributed by atoms with Gasteiger partial charge in [-0.15, -0.1) is 0 Å². The number of rotatable bonds is 5. The van der Waals surface area contributed by atoms with E-state index in [0.717, 1.165) is 4.90 Å². The van der Waals surface area contributed by atoms with Crippen LogP contribution in [0.2, 0.25) is 10.0 Å². The molecule has 0 unspecified atom stereocenters. The van der Waals surface area contributed by atoms with Gasteiger partial charge < -0.3 is 11.1 Å². The maximum Gasteiger partial charge on any atom is 0.250 e. The summed E-state index contributed by atoms with van der Waals surface area (Å²) >= 11 is 12.5. The SMILES string of the molecule is NC(=O)CC[C@@H]1N[C@@]2(C(=O)Nc3ccc(Cl)cc32)[C@@H]2C(=O)N(Cc3ccccc3Cl)C(=O)[C@H]12. The average molecular weight is 487 g/mol. The van der Waals surface area contributed by atoms with Gasteiger partial charge in [-0.1, -0.05) is 41.4 Å². The third kappa shape index (κ3) is 3.24. The molecule has 4 N–H and O–H groups in total. The number of hydrogen-bond donors (Lipinski definition) is 3. The number of nitrogens with two attached hydrogens (primary N) is 1. The number of nitrogens with one attached hydrogen (secondary N) is 2. The molecule has 2 saturated heterocycles. The van der Waals surface area contributed by atoms with Crippen LogP contribution in [0.4, 0.5) is 5.69 Å². The second kappa shape index (κ2) is 7.83. The van der Waals surface area contributed by atoms with Gasteiger partial charge in [0.25, 0.3) is 0 Å². The highest BCUT2D eigenvalue weighted by Crippen LogP contribution is 2.54. The lowest BCUT2D eigenvalue weighted by Crippen LogP contribution is -2.53. The molecule has 170 valence electrons. The summed E-state index contributed by atoms with van der Waals surface area (Å²) in [6.45, 7) is -0.00696. The molecule has 0 aromatic heterocycles.